The van der Waals surface area contributed by atoms with E-state index in [0.29, 0.717) is 24.0 Å². The maximum Gasteiger partial charge on any atom is 0.266 e. The molecular formula is C17H20N4O2. The van der Waals surface area contributed by atoms with Crippen molar-refractivity contribution in [3.8, 4) is 11.6 Å². The second-order valence-corrected chi connectivity index (χ2v) is 5.60. The van der Waals surface area contributed by atoms with Crippen molar-refractivity contribution in [2.45, 2.75) is 38.5 Å². The fraction of sp³-hybridized carbons (Fsp3) is 0.412. The van der Waals surface area contributed by atoms with Gasteiger partial charge < -0.3 is 9.73 Å². The number of hydrogen-bond donors (Lipinski definition) is 1. The molecule has 0 saturated heterocycles. The SMILES string of the molecule is O=C(Cc1nnc(-c2ccccn2)o1)NCCC1=CCCCC1. The number of rotatable bonds is 6. The molecule has 6 heteroatoms. The van der Waals surface area contributed by atoms with Crippen LogP contribution in [0.1, 0.15) is 38.0 Å². The fourth-order valence-electron chi connectivity index (χ4n) is 2.61. The van der Waals surface area contributed by atoms with E-state index in [-0.39, 0.29) is 12.3 Å². The van der Waals surface area contributed by atoms with E-state index in [9.17, 15) is 4.79 Å². The summed E-state index contributed by atoms with van der Waals surface area (Å²) in [6.45, 7) is 0.659. The van der Waals surface area contributed by atoms with E-state index in [0.717, 1.165) is 12.8 Å². The zero-order valence-corrected chi connectivity index (χ0v) is 13.0. The molecule has 2 aromatic rings. The van der Waals surface area contributed by atoms with Crippen molar-refractivity contribution in [1.82, 2.24) is 20.5 Å². The van der Waals surface area contributed by atoms with E-state index < -0.39 is 0 Å². The molecule has 2 heterocycles. The number of carbonyl (C=O) groups excluding carboxylic acids is 1. The van der Waals surface area contributed by atoms with E-state index >= 15 is 0 Å². The summed E-state index contributed by atoms with van der Waals surface area (Å²) < 4.78 is 5.48. The normalized spacial score (nSPS) is 14.3. The standard InChI is InChI=1S/C17H20N4O2/c22-15(19-11-9-13-6-2-1-3-7-13)12-16-20-21-17(23-16)14-8-4-5-10-18-14/h4-6,8,10H,1-3,7,9,11-12H2,(H,19,22). The Morgan fingerprint density at radius 3 is 3.00 bits per heavy atom. The molecule has 0 bridgehead atoms. The molecule has 1 aliphatic rings. The summed E-state index contributed by atoms with van der Waals surface area (Å²) in [7, 11) is 0. The lowest BCUT2D eigenvalue weighted by molar-refractivity contribution is -0.120. The predicted octanol–water partition coefficient (Wildman–Crippen LogP) is 2.68. The van der Waals surface area contributed by atoms with Crippen LogP contribution in [0.4, 0.5) is 0 Å². The maximum absolute atomic E-state index is 11.9. The molecule has 1 N–H and O–H groups in total. The third-order valence-corrected chi connectivity index (χ3v) is 3.82. The first kappa shape index (κ1) is 15.4. The van der Waals surface area contributed by atoms with Crippen LogP contribution in [-0.4, -0.2) is 27.6 Å². The van der Waals surface area contributed by atoms with Crippen LogP contribution in [0.2, 0.25) is 0 Å². The lowest BCUT2D eigenvalue weighted by atomic mass is 9.97. The Kier molecular flexibility index (Phi) is 5.13. The van der Waals surface area contributed by atoms with Crippen LogP contribution in [0, 0.1) is 0 Å². The number of allylic oxidation sites excluding steroid dienone is 1. The van der Waals surface area contributed by atoms with Crippen molar-refractivity contribution in [3.63, 3.8) is 0 Å². The first-order valence-electron chi connectivity index (χ1n) is 7.99. The van der Waals surface area contributed by atoms with Gasteiger partial charge in [0.15, 0.2) is 0 Å². The third-order valence-electron chi connectivity index (χ3n) is 3.82. The average Bonchev–Trinajstić information content (AvgIpc) is 3.05. The van der Waals surface area contributed by atoms with Gasteiger partial charge in [-0.05, 0) is 44.2 Å². The molecule has 0 atom stereocenters. The van der Waals surface area contributed by atoms with Gasteiger partial charge in [0.1, 0.15) is 12.1 Å². The Morgan fingerprint density at radius 1 is 1.26 bits per heavy atom. The van der Waals surface area contributed by atoms with Crippen molar-refractivity contribution >= 4 is 5.91 Å². The van der Waals surface area contributed by atoms with Crippen LogP contribution in [0.3, 0.4) is 0 Å². The van der Waals surface area contributed by atoms with E-state index in [1.807, 2.05) is 12.1 Å². The smallest absolute Gasteiger partial charge is 0.266 e. The minimum Gasteiger partial charge on any atom is -0.419 e. The van der Waals surface area contributed by atoms with E-state index in [2.05, 4.69) is 26.6 Å². The van der Waals surface area contributed by atoms with Crippen LogP contribution in [0.5, 0.6) is 0 Å². The minimum absolute atomic E-state index is 0.0961. The van der Waals surface area contributed by atoms with Crippen molar-refractivity contribution in [1.29, 1.82) is 0 Å². The van der Waals surface area contributed by atoms with Crippen LogP contribution in [0.25, 0.3) is 11.6 Å². The van der Waals surface area contributed by atoms with Gasteiger partial charge in [0, 0.05) is 12.7 Å². The molecule has 0 aromatic carbocycles. The highest BCUT2D eigenvalue weighted by atomic mass is 16.4. The molecule has 23 heavy (non-hydrogen) atoms. The summed E-state index contributed by atoms with van der Waals surface area (Å²) in [5.41, 5.74) is 2.06. The van der Waals surface area contributed by atoms with Gasteiger partial charge in [-0.15, -0.1) is 10.2 Å². The van der Waals surface area contributed by atoms with Crippen LogP contribution in [0.15, 0.2) is 40.5 Å². The highest BCUT2D eigenvalue weighted by Gasteiger charge is 2.13. The largest absolute Gasteiger partial charge is 0.419 e. The van der Waals surface area contributed by atoms with Crippen molar-refractivity contribution in [2.75, 3.05) is 6.54 Å². The zero-order valence-electron chi connectivity index (χ0n) is 13.0. The molecule has 1 amide bonds. The second-order valence-electron chi connectivity index (χ2n) is 5.60. The maximum atomic E-state index is 11.9. The van der Waals surface area contributed by atoms with Crippen molar-refractivity contribution in [3.05, 3.63) is 41.9 Å². The summed E-state index contributed by atoms with van der Waals surface area (Å²) >= 11 is 0. The minimum atomic E-state index is -0.0994. The summed E-state index contributed by atoms with van der Waals surface area (Å²) in [6.07, 6.45) is 9.85. The van der Waals surface area contributed by atoms with Gasteiger partial charge in [-0.25, -0.2) is 0 Å². The second kappa shape index (κ2) is 7.67. The van der Waals surface area contributed by atoms with Gasteiger partial charge in [-0.3, -0.25) is 9.78 Å². The molecule has 0 fully saturated rings. The quantitative estimate of drug-likeness (QED) is 0.829. The Morgan fingerprint density at radius 2 is 2.22 bits per heavy atom. The molecule has 0 unspecified atom stereocenters. The van der Waals surface area contributed by atoms with Crippen LogP contribution in [-0.2, 0) is 11.2 Å². The number of aromatic nitrogens is 3. The number of amides is 1. The summed E-state index contributed by atoms with van der Waals surface area (Å²) in [4.78, 5) is 16.1. The molecular weight excluding hydrogens is 292 g/mol. The Hall–Kier alpha value is -2.50. The van der Waals surface area contributed by atoms with Gasteiger partial charge in [-0.1, -0.05) is 17.7 Å². The number of pyridine rings is 1. The Labute approximate surface area is 135 Å². The highest BCUT2D eigenvalue weighted by molar-refractivity contribution is 5.77. The number of nitrogens with one attached hydrogen (secondary N) is 1. The summed E-state index contributed by atoms with van der Waals surface area (Å²) in [5, 5.41) is 10.7. The number of nitrogens with zero attached hydrogens (tertiary/aromatic N) is 3. The van der Waals surface area contributed by atoms with Crippen LogP contribution < -0.4 is 5.32 Å². The topological polar surface area (TPSA) is 80.9 Å². The Bertz CT molecular complexity index is 679. The molecule has 0 aliphatic heterocycles. The van der Waals surface area contributed by atoms with E-state index in [1.54, 1.807) is 12.3 Å². The highest BCUT2D eigenvalue weighted by Crippen LogP contribution is 2.19. The fourth-order valence-corrected chi connectivity index (χ4v) is 2.61. The zero-order chi connectivity index (χ0) is 15.9. The van der Waals surface area contributed by atoms with E-state index in [1.165, 1.54) is 24.8 Å². The first-order chi connectivity index (χ1) is 11.3. The van der Waals surface area contributed by atoms with Gasteiger partial charge in [0.05, 0.1) is 0 Å². The van der Waals surface area contributed by atoms with Gasteiger partial charge >= 0.3 is 0 Å². The van der Waals surface area contributed by atoms with Crippen molar-refractivity contribution < 1.29 is 9.21 Å². The number of hydrogen-bond acceptors (Lipinski definition) is 5. The molecule has 6 nitrogen and oxygen atoms in total. The molecule has 0 saturated carbocycles. The number of carbonyl (C=O) groups is 1. The van der Waals surface area contributed by atoms with E-state index in [4.69, 9.17) is 4.42 Å². The molecule has 0 spiro atoms. The average molecular weight is 312 g/mol. The molecule has 1 aliphatic carbocycles. The van der Waals surface area contributed by atoms with Crippen LogP contribution >= 0.6 is 0 Å². The monoisotopic (exact) mass is 312 g/mol. The third kappa shape index (κ3) is 4.48. The predicted molar refractivity (Wildman–Crippen MR) is 85.4 cm³/mol. The molecule has 2 aromatic heterocycles. The van der Waals surface area contributed by atoms with Crippen molar-refractivity contribution in [2.24, 2.45) is 0 Å². The lowest BCUT2D eigenvalue weighted by Crippen LogP contribution is -2.26. The Balaban J connectivity index is 1.46. The van der Waals surface area contributed by atoms with Gasteiger partial charge in [0.25, 0.3) is 5.89 Å². The molecule has 3 rings (SSSR count). The summed E-state index contributed by atoms with van der Waals surface area (Å²) in [5.74, 6) is 0.540. The lowest BCUT2D eigenvalue weighted by Gasteiger charge is -2.12. The molecule has 0 radical (unpaired) electrons. The first-order valence-corrected chi connectivity index (χ1v) is 7.99. The van der Waals surface area contributed by atoms with Gasteiger partial charge in [-0.2, -0.15) is 0 Å². The molecule has 120 valence electrons. The summed E-state index contributed by atoms with van der Waals surface area (Å²) in [6, 6.07) is 5.45. The van der Waals surface area contributed by atoms with Gasteiger partial charge in [0.2, 0.25) is 11.8 Å².